The average Bonchev–Trinajstić information content (AvgIpc) is 2.46. The molecule has 1 aromatic heterocycles. The van der Waals surface area contributed by atoms with Crippen LogP contribution in [0.25, 0.3) is 10.9 Å². The van der Waals surface area contributed by atoms with E-state index in [0.29, 0.717) is 13.1 Å². The van der Waals surface area contributed by atoms with Gasteiger partial charge in [0.15, 0.2) is 0 Å². The molecule has 1 heterocycles. The zero-order chi connectivity index (χ0) is 17.0. The van der Waals surface area contributed by atoms with Crippen LogP contribution in [0.3, 0.4) is 0 Å². The van der Waals surface area contributed by atoms with E-state index in [4.69, 9.17) is 4.74 Å². The predicted molar refractivity (Wildman–Crippen MR) is 93.5 cm³/mol. The Kier molecular flexibility index (Phi) is 5.43. The number of sulfonamides is 1. The highest BCUT2D eigenvalue weighted by molar-refractivity contribution is 7.88. The summed E-state index contributed by atoms with van der Waals surface area (Å²) < 4.78 is 29.8. The van der Waals surface area contributed by atoms with Crippen molar-refractivity contribution in [3.05, 3.63) is 30.5 Å². The maximum absolute atomic E-state index is 11.4. The second-order valence-electron chi connectivity index (χ2n) is 5.72. The first-order valence-electron chi connectivity index (χ1n) is 7.48. The smallest absolute Gasteiger partial charge is 0.211 e. The molecule has 0 saturated carbocycles. The van der Waals surface area contributed by atoms with Gasteiger partial charge in [0.25, 0.3) is 0 Å². The second-order valence-corrected chi connectivity index (χ2v) is 7.80. The molecule has 0 aliphatic rings. The molecule has 126 valence electrons. The van der Waals surface area contributed by atoms with Gasteiger partial charge in [-0.15, -0.1) is 0 Å². The third kappa shape index (κ3) is 4.80. The highest BCUT2D eigenvalue weighted by Gasteiger charge is 2.10. The van der Waals surface area contributed by atoms with Crippen molar-refractivity contribution in [2.45, 2.75) is 20.0 Å². The summed E-state index contributed by atoms with van der Waals surface area (Å²) in [6, 6.07) is 7.64. The molecule has 0 fully saturated rings. The van der Waals surface area contributed by atoms with Gasteiger partial charge in [-0.05, 0) is 38.1 Å². The van der Waals surface area contributed by atoms with Crippen LogP contribution < -0.4 is 10.1 Å². The molecule has 0 saturated heterocycles. The molecular weight excluding hydrogens is 314 g/mol. The number of pyridine rings is 1. The minimum atomic E-state index is -3.16. The van der Waals surface area contributed by atoms with Gasteiger partial charge in [-0.25, -0.2) is 12.7 Å². The van der Waals surface area contributed by atoms with Gasteiger partial charge in [0.05, 0.1) is 17.9 Å². The number of nitrogens with zero attached hydrogens (tertiary/aromatic N) is 2. The second kappa shape index (κ2) is 7.14. The minimum Gasteiger partial charge on any atom is -0.491 e. The van der Waals surface area contributed by atoms with Gasteiger partial charge >= 0.3 is 0 Å². The maximum atomic E-state index is 11.4. The Morgan fingerprint density at radius 1 is 1.30 bits per heavy atom. The first-order chi connectivity index (χ1) is 10.8. The van der Waals surface area contributed by atoms with Crippen LogP contribution in [0.5, 0.6) is 5.75 Å². The Morgan fingerprint density at radius 3 is 2.70 bits per heavy atom. The molecular formula is C16H23N3O3S. The van der Waals surface area contributed by atoms with Crippen molar-refractivity contribution < 1.29 is 13.2 Å². The summed E-state index contributed by atoms with van der Waals surface area (Å²) in [6.45, 7) is 4.87. The average molecular weight is 337 g/mol. The van der Waals surface area contributed by atoms with Crippen molar-refractivity contribution >= 4 is 26.6 Å². The normalized spacial score (nSPS) is 12.1. The molecule has 0 atom stereocenters. The van der Waals surface area contributed by atoms with E-state index >= 15 is 0 Å². The van der Waals surface area contributed by atoms with Crippen LogP contribution >= 0.6 is 0 Å². The highest BCUT2D eigenvalue weighted by atomic mass is 32.2. The van der Waals surface area contributed by atoms with E-state index in [1.54, 1.807) is 13.2 Å². The van der Waals surface area contributed by atoms with Crippen LogP contribution in [-0.4, -0.2) is 50.2 Å². The summed E-state index contributed by atoms with van der Waals surface area (Å²) >= 11 is 0. The number of hydrogen-bond acceptors (Lipinski definition) is 5. The molecule has 0 aliphatic heterocycles. The zero-order valence-corrected chi connectivity index (χ0v) is 14.7. The van der Waals surface area contributed by atoms with Gasteiger partial charge in [-0.1, -0.05) is 0 Å². The number of benzene rings is 1. The number of likely N-dealkylation sites (N-methyl/N-ethyl adjacent to an activating group) is 1. The predicted octanol–water partition coefficient (Wildman–Crippen LogP) is 2.33. The zero-order valence-electron chi connectivity index (χ0n) is 13.9. The summed E-state index contributed by atoms with van der Waals surface area (Å²) in [4.78, 5) is 4.34. The fraction of sp³-hybridized carbons (Fsp3) is 0.438. The molecule has 0 amide bonds. The van der Waals surface area contributed by atoms with Crippen molar-refractivity contribution in [1.29, 1.82) is 0 Å². The van der Waals surface area contributed by atoms with Gasteiger partial charge in [0.1, 0.15) is 5.75 Å². The molecule has 0 aliphatic carbocycles. The number of fused-ring (bicyclic) bond motifs is 1. The van der Waals surface area contributed by atoms with Gasteiger partial charge in [0.2, 0.25) is 10.0 Å². The van der Waals surface area contributed by atoms with Crippen molar-refractivity contribution in [1.82, 2.24) is 9.29 Å². The third-order valence-corrected chi connectivity index (χ3v) is 4.71. The number of nitrogens with one attached hydrogen (secondary N) is 1. The van der Waals surface area contributed by atoms with Crippen LogP contribution in [0.1, 0.15) is 13.8 Å². The lowest BCUT2D eigenvalue weighted by molar-refractivity contribution is 0.243. The van der Waals surface area contributed by atoms with E-state index in [2.05, 4.69) is 10.3 Å². The molecule has 2 aromatic rings. The summed E-state index contributed by atoms with van der Waals surface area (Å²) in [5.41, 5.74) is 1.77. The molecule has 0 spiro atoms. The number of hydrogen-bond donors (Lipinski definition) is 1. The molecule has 0 radical (unpaired) electrons. The Hall–Kier alpha value is -1.86. The number of rotatable bonds is 7. The van der Waals surface area contributed by atoms with E-state index in [0.717, 1.165) is 22.3 Å². The molecule has 0 bridgehead atoms. The molecule has 6 nitrogen and oxygen atoms in total. The van der Waals surface area contributed by atoms with Crippen molar-refractivity contribution in [3.8, 4) is 5.75 Å². The van der Waals surface area contributed by atoms with Gasteiger partial charge in [0, 0.05) is 37.4 Å². The summed E-state index contributed by atoms with van der Waals surface area (Å²) in [5, 5.41) is 4.22. The molecule has 1 aromatic carbocycles. The molecule has 1 N–H and O–H groups in total. The Labute approximate surface area is 137 Å². The van der Waals surface area contributed by atoms with Crippen molar-refractivity contribution in [2.75, 3.05) is 31.7 Å². The van der Waals surface area contributed by atoms with Crippen LogP contribution in [0, 0.1) is 0 Å². The Bertz CT molecular complexity index is 775. The van der Waals surface area contributed by atoms with E-state index in [1.807, 2.05) is 38.1 Å². The van der Waals surface area contributed by atoms with E-state index in [9.17, 15) is 8.42 Å². The van der Waals surface area contributed by atoms with Crippen LogP contribution in [0.15, 0.2) is 30.5 Å². The van der Waals surface area contributed by atoms with Gasteiger partial charge in [-0.3, -0.25) is 4.98 Å². The van der Waals surface area contributed by atoms with Crippen LogP contribution in [0.2, 0.25) is 0 Å². The summed E-state index contributed by atoms with van der Waals surface area (Å²) in [7, 11) is -1.59. The minimum absolute atomic E-state index is 0.101. The molecule has 23 heavy (non-hydrogen) atoms. The lowest BCUT2D eigenvalue weighted by atomic mass is 10.1. The monoisotopic (exact) mass is 337 g/mol. The summed E-state index contributed by atoms with van der Waals surface area (Å²) in [6.07, 6.45) is 3.03. The molecule has 7 heteroatoms. The summed E-state index contributed by atoms with van der Waals surface area (Å²) in [5.74, 6) is 0.789. The van der Waals surface area contributed by atoms with E-state index < -0.39 is 10.0 Å². The topological polar surface area (TPSA) is 71.5 Å². The SMILES string of the molecule is CC(C)Oc1ccc2nccc(NCCN(C)S(C)(=O)=O)c2c1. The fourth-order valence-electron chi connectivity index (χ4n) is 2.14. The van der Waals surface area contributed by atoms with Crippen molar-refractivity contribution in [3.63, 3.8) is 0 Å². The number of anilines is 1. The van der Waals surface area contributed by atoms with Gasteiger partial charge in [-0.2, -0.15) is 0 Å². The van der Waals surface area contributed by atoms with E-state index in [-0.39, 0.29) is 6.10 Å². The largest absolute Gasteiger partial charge is 0.491 e. The van der Waals surface area contributed by atoms with Crippen LogP contribution in [-0.2, 0) is 10.0 Å². The number of aromatic nitrogens is 1. The lowest BCUT2D eigenvalue weighted by Crippen LogP contribution is -2.30. The quantitative estimate of drug-likeness (QED) is 0.839. The third-order valence-electron chi connectivity index (χ3n) is 3.39. The van der Waals surface area contributed by atoms with Gasteiger partial charge < -0.3 is 10.1 Å². The first-order valence-corrected chi connectivity index (χ1v) is 9.33. The Balaban J connectivity index is 2.16. The van der Waals surface area contributed by atoms with E-state index in [1.165, 1.54) is 10.6 Å². The maximum Gasteiger partial charge on any atom is 0.211 e. The molecule has 2 rings (SSSR count). The van der Waals surface area contributed by atoms with Crippen molar-refractivity contribution in [2.24, 2.45) is 0 Å². The fourth-order valence-corrected chi connectivity index (χ4v) is 2.56. The first kappa shape index (κ1) is 17.5. The Morgan fingerprint density at radius 2 is 2.04 bits per heavy atom. The van der Waals surface area contributed by atoms with Crippen LogP contribution in [0.4, 0.5) is 5.69 Å². The standard InChI is InChI=1S/C16H23N3O3S/c1-12(2)22-13-5-6-15-14(11-13)16(7-8-17-15)18-9-10-19(3)23(4,20)21/h5-8,11-12H,9-10H2,1-4H3,(H,17,18). The molecule has 0 unspecified atom stereocenters. The number of ether oxygens (including phenoxy) is 1. The lowest BCUT2D eigenvalue weighted by Gasteiger charge is -2.16. The highest BCUT2D eigenvalue weighted by Crippen LogP contribution is 2.26.